The van der Waals surface area contributed by atoms with Crippen molar-refractivity contribution in [2.75, 3.05) is 25.6 Å². The summed E-state index contributed by atoms with van der Waals surface area (Å²) in [4.78, 5) is 11.7. The monoisotopic (exact) mass is 268 g/mol. The van der Waals surface area contributed by atoms with Gasteiger partial charge in [0.1, 0.15) is 0 Å². The van der Waals surface area contributed by atoms with Gasteiger partial charge in [-0.3, -0.25) is 10.1 Å². The Morgan fingerprint density at radius 2 is 2.47 bits per heavy atom. The Morgan fingerprint density at radius 3 is 3.16 bits per heavy atom. The van der Waals surface area contributed by atoms with E-state index >= 15 is 0 Å². The van der Waals surface area contributed by atoms with Gasteiger partial charge in [0, 0.05) is 20.1 Å². The summed E-state index contributed by atoms with van der Waals surface area (Å²) < 4.78 is 10.4. The van der Waals surface area contributed by atoms with Crippen molar-refractivity contribution in [1.82, 2.24) is 15.5 Å². The predicted octanol–water partition coefficient (Wildman–Crippen LogP) is 1.11. The standard InChI is InChI=1S/C12H20N4O3/c1-8(7-18-2)6-10(17)14-12-16-15-11(19-12)9-4-3-5-13-9/h8-9,13H,3-7H2,1-2H3,(H,14,16,17). The van der Waals surface area contributed by atoms with Gasteiger partial charge in [0.2, 0.25) is 11.8 Å². The number of aromatic nitrogens is 2. The Labute approximate surface area is 112 Å². The Balaban J connectivity index is 1.83. The Kier molecular flexibility index (Phi) is 4.86. The molecule has 0 spiro atoms. The molecule has 1 aliphatic heterocycles. The first kappa shape index (κ1) is 14.0. The number of hydrogen-bond acceptors (Lipinski definition) is 6. The molecule has 0 bridgehead atoms. The molecule has 0 saturated carbocycles. The minimum absolute atomic E-state index is 0.116. The molecule has 1 aliphatic rings. The summed E-state index contributed by atoms with van der Waals surface area (Å²) in [7, 11) is 1.62. The lowest BCUT2D eigenvalue weighted by Crippen LogP contribution is -2.17. The van der Waals surface area contributed by atoms with E-state index in [2.05, 4.69) is 20.8 Å². The molecule has 2 atom stereocenters. The smallest absolute Gasteiger partial charge is 0.322 e. The van der Waals surface area contributed by atoms with Gasteiger partial charge in [0.05, 0.1) is 6.04 Å². The highest BCUT2D eigenvalue weighted by Crippen LogP contribution is 2.22. The van der Waals surface area contributed by atoms with E-state index in [1.54, 1.807) is 7.11 Å². The topological polar surface area (TPSA) is 89.3 Å². The fraction of sp³-hybridized carbons (Fsp3) is 0.750. The zero-order chi connectivity index (χ0) is 13.7. The van der Waals surface area contributed by atoms with Gasteiger partial charge < -0.3 is 14.5 Å². The van der Waals surface area contributed by atoms with E-state index in [1.165, 1.54) is 0 Å². The van der Waals surface area contributed by atoms with E-state index < -0.39 is 0 Å². The fourth-order valence-electron chi connectivity index (χ4n) is 2.15. The van der Waals surface area contributed by atoms with E-state index in [-0.39, 0.29) is 23.9 Å². The summed E-state index contributed by atoms with van der Waals surface area (Å²) in [6, 6.07) is 0.281. The summed E-state index contributed by atoms with van der Waals surface area (Å²) in [6.45, 7) is 3.46. The van der Waals surface area contributed by atoms with Gasteiger partial charge in [0.25, 0.3) is 0 Å². The number of carbonyl (C=O) groups excluding carboxylic acids is 1. The van der Waals surface area contributed by atoms with Gasteiger partial charge in [-0.25, -0.2) is 0 Å². The molecule has 0 aromatic carbocycles. The highest BCUT2D eigenvalue weighted by atomic mass is 16.5. The molecule has 0 radical (unpaired) electrons. The van der Waals surface area contributed by atoms with Crippen molar-refractivity contribution in [2.45, 2.75) is 32.2 Å². The first-order valence-corrected chi connectivity index (χ1v) is 6.54. The van der Waals surface area contributed by atoms with Crippen LogP contribution in [-0.2, 0) is 9.53 Å². The number of hydrogen-bond donors (Lipinski definition) is 2. The van der Waals surface area contributed by atoms with E-state index in [9.17, 15) is 4.79 Å². The van der Waals surface area contributed by atoms with Crippen molar-refractivity contribution < 1.29 is 13.9 Å². The fourth-order valence-corrected chi connectivity index (χ4v) is 2.15. The van der Waals surface area contributed by atoms with Crippen LogP contribution in [0.25, 0.3) is 0 Å². The minimum Gasteiger partial charge on any atom is -0.406 e. The maximum Gasteiger partial charge on any atom is 0.322 e. The first-order chi connectivity index (χ1) is 9.19. The van der Waals surface area contributed by atoms with Crippen LogP contribution in [0, 0.1) is 5.92 Å². The van der Waals surface area contributed by atoms with E-state index in [4.69, 9.17) is 9.15 Å². The second-order valence-electron chi connectivity index (χ2n) is 4.91. The molecule has 19 heavy (non-hydrogen) atoms. The third-order valence-electron chi connectivity index (χ3n) is 3.03. The van der Waals surface area contributed by atoms with Crippen molar-refractivity contribution in [2.24, 2.45) is 5.92 Å². The van der Waals surface area contributed by atoms with Crippen molar-refractivity contribution in [3.05, 3.63) is 5.89 Å². The molecule has 1 saturated heterocycles. The highest BCUT2D eigenvalue weighted by Gasteiger charge is 2.22. The van der Waals surface area contributed by atoms with Crippen LogP contribution >= 0.6 is 0 Å². The summed E-state index contributed by atoms with van der Waals surface area (Å²) in [6.07, 6.45) is 2.46. The van der Waals surface area contributed by atoms with Gasteiger partial charge in [-0.1, -0.05) is 12.0 Å². The Hall–Kier alpha value is -1.47. The van der Waals surface area contributed by atoms with Crippen LogP contribution in [0.3, 0.4) is 0 Å². The summed E-state index contributed by atoms with van der Waals surface area (Å²) in [5.41, 5.74) is 0. The molecule has 1 fully saturated rings. The third-order valence-corrected chi connectivity index (χ3v) is 3.03. The van der Waals surface area contributed by atoms with Gasteiger partial charge >= 0.3 is 6.01 Å². The van der Waals surface area contributed by atoms with Crippen molar-refractivity contribution in [1.29, 1.82) is 0 Å². The van der Waals surface area contributed by atoms with Crippen LogP contribution in [0.15, 0.2) is 4.42 Å². The number of nitrogens with one attached hydrogen (secondary N) is 2. The lowest BCUT2D eigenvalue weighted by atomic mass is 10.1. The number of rotatable bonds is 6. The predicted molar refractivity (Wildman–Crippen MR) is 68.6 cm³/mol. The number of carbonyl (C=O) groups is 1. The summed E-state index contributed by atoms with van der Waals surface area (Å²) in [5.74, 6) is 0.556. The lowest BCUT2D eigenvalue weighted by molar-refractivity contribution is -0.117. The highest BCUT2D eigenvalue weighted by molar-refractivity contribution is 5.88. The van der Waals surface area contributed by atoms with Gasteiger partial charge in [-0.2, -0.15) is 0 Å². The van der Waals surface area contributed by atoms with Crippen LogP contribution < -0.4 is 10.6 Å². The lowest BCUT2D eigenvalue weighted by Gasteiger charge is -2.08. The zero-order valence-corrected chi connectivity index (χ0v) is 11.3. The van der Waals surface area contributed by atoms with Crippen LogP contribution in [0.4, 0.5) is 6.01 Å². The summed E-state index contributed by atoms with van der Waals surface area (Å²) in [5, 5.41) is 13.7. The van der Waals surface area contributed by atoms with E-state index in [0.717, 1.165) is 19.4 Å². The molecule has 106 valence electrons. The Morgan fingerprint density at radius 1 is 1.63 bits per heavy atom. The number of methoxy groups -OCH3 is 1. The molecular formula is C12H20N4O3. The molecule has 2 rings (SSSR count). The molecule has 7 heteroatoms. The minimum atomic E-state index is -0.140. The van der Waals surface area contributed by atoms with Crippen LogP contribution in [0.1, 0.15) is 38.1 Å². The third kappa shape index (κ3) is 4.00. The maximum atomic E-state index is 11.7. The molecule has 0 aliphatic carbocycles. The number of ether oxygens (including phenoxy) is 1. The average Bonchev–Trinajstić information content (AvgIpc) is 2.98. The quantitative estimate of drug-likeness (QED) is 0.803. The molecule has 1 aromatic heterocycles. The van der Waals surface area contributed by atoms with Crippen molar-refractivity contribution in [3.63, 3.8) is 0 Å². The SMILES string of the molecule is COCC(C)CC(=O)Nc1nnc(C2CCCN2)o1. The number of anilines is 1. The zero-order valence-electron chi connectivity index (χ0n) is 11.3. The molecule has 2 N–H and O–H groups in total. The number of nitrogens with zero attached hydrogens (tertiary/aromatic N) is 2. The number of amides is 1. The van der Waals surface area contributed by atoms with Crippen LogP contribution in [0.2, 0.25) is 0 Å². The van der Waals surface area contributed by atoms with Crippen molar-refractivity contribution in [3.8, 4) is 0 Å². The maximum absolute atomic E-state index is 11.7. The molecule has 2 heterocycles. The molecule has 1 amide bonds. The van der Waals surface area contributed by atoms with Crippen LogP contribution in [-0.4, -0.2) is 36.4 Å². The van der Waals surface area contributed by atoms with E-state index in [0.29, 0.717) is 18.9 Å². The van der Waals surface area contributed by atoms with Gasteiger partial charge in [-0.05, 0) is 25.3 Å². The van der Waals surface area contributed by atoms with Gasteiger partial charge in [-0.15, -0.1) is 5.10 Å². The Bertz CT molecular complexity index is 415. The van der Waals surface area contributed by atoms with E-state index in [1.807, 2.05) is 6.92 Å². The second-order valence-corrected chi connectivity index (χ2v) is 4.91. The van der Waals surface area contributed by atoms with Crippen LogP contribution in [0.5, 0.6) is 0 Å². The second kappa shape index (κ2) is 6.63. The molecule has 2 unspecified atom stereocenters. The molecular weight excluding hydrogens is 248 g/mol. The molecule has 1 aromatic rings. The largest absolute Gasteiger partial charge is 0.406 e. The summed E-state index contributed by atoms with van der Waals surface area (Å²) >= 11 is 0. The first-order valence-electron chi connectivity index (χ1n) is 6.54. The average molecular weight is 268 g/mol. The molecule has 7 nitrogen and oxygen atoms in total. The normalized spacial score (nSPS) is 20.4. The van der Waals surface area contributed by atoms with Gasteiger partial charge in [0.15, 0.2) is 0 Å². The van der Waals surface area contributed by atoms with Crippen molar-refractivity contribution >= 4 is 11.9 Å².